The quantitative estimate of drug-likeness (QED) is 0.791. The van der Waals surface area contributed by atoms with Crippen LogP contribution in [0.4, 0.5) is 8.78 Å². The second kappa shape index (κ2) is 6.22. The van der Waals surface area contributed by atoms with E-state index in [1.807, 2.05) is 0 Å². The molecule has 1 fully saturated rings. The van der Waals surface area contributed by atoms with Crippen LogP contribution < -0.4 is 5.32 Å². The molecule has 1 aromatic carbocycles. The van der Waals surface area contributed by atoms with Crippen LogP contribution in [0.3, 0.4) is 0 Å². The lowest BCUT2D eigenvalue weighted by Gasteiger charge is -2.38. The summed E-state index contributed by atoms with van der Waals surface area (Å²) in [5.74, 6) is -3.43. The lowest BCUT2D eigenvalue weighted by Crippen LogP contribution is -2.51. The SMILES string of the molecule is OCC(F)(F)[C@@H](c1ccc(O)c(Cl)c1)N1CCNCC1. The fourth-order valence-electron chi connectivity index (χ4n) is 2.44. The van der Waals surface area contributed by atoms with Crippen LogP contribution in [-0.4, -0.2) is 53.8 Å². The average molecular weight is 307 g/mol. The molecule has 0 aromatic heterocycles. The molecule has 0 saturated carbocycles. The molecule has 2 rings (SSSR count). The van der Waals surface area contributed by atoms with Gasteiger partial charge in [-0.05, 0) is 17.7 Å². The first-order valence-electron chi connectivity index (χ1n) is 6.37. The Morgan fingerprint density at radius 2 is 2.00 bits per heavy atom. The molecule has 112 valence electrons. The summed E-state index contributed by atoms with van der Waals surface area (Å²) < 4.78 is 28.2. The fourth-order valence-corrected chi connectivity index (χ4v) is 2.63. The number of phenolic OH excluding ortho intramolecular Hbond substituents is 1. The highest BCUT2D eigenvalue weighted by Crippen LogP contribution is 2.38. The molecule has 0 unspecified atom stereocenters. The van der Waals surface area contributed by atoms with Crippen LogP contribution in [0.2, 0.25) is 5.02 Å². The van der Waals surface area contributed by atoms with Gasteiger partial charge in [-0.2, -0.15) is 0 Å². The Balaban J connectivity index is 2.36. The molecular weight excluding hydrogens is 290 g/mol. The number of aliphatic hydroxyl groups is 1. The topological polar surface area (TPSA) is 55.7 Å². The highest BCUT2D eigenvalue weighted by molar-refractivity contribution is 6.32. The van der Waals surface area contributed by atoms with Crippen molar-refractivity contribution in [3.63, 3.8) is 0 Å². The summed E-state index contributed by atoms with van der Waals surface area (Å²) in [4.78, 5) is 1.62. The summed E-state index contributed by atoms with van der Waals surface area (Å²) in [7, 11) is 0. The fraction of sp³-hybridized carbons (Fsp3) is 0.538. The van der Waals surface area contributed by atoms with Gasteiger partial charge in [0.25, 0.3) is 5.92 Å². The van der Waals surface area contributed by atoms with Gasteiger partial charge >= 0.3 is 0 Å². The van der Waals surface area contributed by atoms with Gasteiger partial charge in [-0.25, -0.2) is 8.78 Å². The number of hydrogen-bond acceptors (Lipinski definition) is 4. The van der Waals surface area contributed by atoms with Crippen molar-refractivity contribution in [3.8, 4) is 5.75 Å². The van der Waals surface area contributed by atoms with Gasteiger partial charge in [0, 0.05) is 26.2 Å². The molecule has 0 amide bonds. The highest BCUT2D eigenvalue weighted by atomic mass is 35.5. The minimum absolute atomic E-state index is 0.0244. The van der Waals surface area contributed by atoms with Gasteiger partial charge in [0.2, 0.25) is 0 Å². The third-order valence-electron chi connectivity index (χ3n) is 3.42. The van der Waals surface area contributed by atoms with Crippen LogP contribution >= 0.6 is 11.6 Å². The van der Waals surface area contributed by atoms with E-state index in [9.17, 15) is 13.9 Å². The molecule has 0 spiro atoms. The molecule has 0 aliphatic carbocycles. The Bertz CT molecular complexity index is 468. The Kier molecular flexibility index (Phi) is 4.80. The van der Waals surface area contributed by atoms with Gasteiger partial charge in [0.05, 0.1) is 5.02 Å². The van der Waals surface area contributed by atoms with Crippen molar-refractivity contribution in [3.05, 3.63) is 28.8 Å². The van der Waals surface area contributed by atoms with Crippen molar-refractivity contribution < 1.29 is 19.0 Å². The summed E-state index contributed by atoms with van der Waals surface area (Å²) in [6.07, 6.45) is 0. The third-order valence-corrected chi connectivity index (χ3v) is 3.72. The van der Waals surface area contributed by atoms with Crippen molar-refractivity contribution in [2.45, 2.75) is 12.0 Å². The van der Waals surface area contributed by atoms with E-state index >= 15 is 0 Å². The van der Waals surface area contributed by atoms with Gasteiger partial charge in [0.1, 0.15) is 18.4 Å². The van der Waals surface area contributed by atoms with Crippen LogP contribution in [0.1, 0.15) is 11.6 Å². The van der Waals surface area contributed by atoms with Gasteiger partial charge < -0.3 is 15.5 Å². The number of piperazine rings is 1. The monoisotopic (exact) mass is 306 g/mol. The zero-order valence-corrected chi connectivity index (χ0v) is 11.6. The zero-order valence-electron chi connectivity index (χ0n) is 10.8. The maximum absolute atomic E-state index is 14.1. The molecule has 3 N–H and O–H groups in total. The highest BCUT2D eigenvalue weighted by Gasteiger charge is 2.44. The van der Waals surface area contributed by atoms with Crippen LogP contribution in [0.25, 0.3) is 0 Å². The summed E-state index contributed by atoms with van der Waals surface area (Å²) in [6, 6.07) is 2.78. The number of alkyl halides is 2. The van der Waals surface area contributed by atoms with Crippen LogP contribution in [0.5, 0.6) is 5.75 Å². The third kappa shape index (κ3) is 3.20. The number of benzene rings is 1. The molecule has 1 saturated heterocycles. The van der Waals surface area contributed by atoms with Crippen molar-refractivity contribution in [2.75, 3.05) is 32.8 Å². The van der Waals surface area contributed by atoms with Gasteiger partial charge in [-0.15, -0.1) is 0 Å². The number of nitrogens with zero attached hydrogens (tertiary/aromatic N) is 1. The normalized spacial score (nSPS) is 19.0. The number of phenols is 1. The Hall–Kier alpha value is -0.950. The summed E-state index contributed by atoms with van der Waals surface area (Å²) in [5.41, 5.74) is 0.286. The first-order chi connectivity index (χ1) is 9.45. The molecular formula is C13H17ClF2N2O2. The van der Waals surface area contributed by atoms with Gasteiger partial charge in [0.15, 0.2) is 0 Å². The number of halogens is 3. The Morgan fingerprint density at radius 1 is 1.35 bits per heavy atom. The lowest BCUT2D eigenvalue weighted by atomic mass is 9.98. The van der Waals surface area contributed by atoms with Crippen molar-refractivity contribution >= 4 is 11.6 Å². The first-order valence-corrected chi connectivity index (χ1v) is 6.75. The van der Waals surface area contributed by atoms with Crippen molar-refractivity contribution in [1.29, 1.82) is 0 Å². The van der Waals surface area contributed by atoms with Crippen LogP contribution in [0, 0.1) is 0 Å². The largest absolute Gasteiger partial charge is 0.506 e. The molecule has 7 heteroatoms. The van der Waals surface area contributed by atoms with E-state index in [2.05, 4.69) is 5.32 Å². The summed E-state index contributed by atoms with van der Waals surface area (Å²) in [6.45, 7) is 0.908. The number of aromatic hydroxyl groups is 1. The minimum Gasteiger partial charge on any atom is -0.506 e. The molecule has 1 aromatic rings. The second-order valence-electron chi connectivity index (χ2n) is 4.82. The van der Waals surface area contributed by atoms with Gasteiger partial charge in [-0.3, -0.25) is 4.90 Å². The summed E-state index contributed by atoms with van der Waals surface area (Å²) >= 11 is 5.80. The molecule has 1 aliphatic rings. The number of aliphatic hydroxyl groups excluding tert-OH is 1. The van der Waals surface area contributed by atoms with E-state index in [1.54, 1.807) is 4.90 Å². The van der Waals surface area contributed by atoms with Crippen molar-refractivity contribution in [2.24, 2.45) is 0 Å². The number of hydrogen-bond donors (Lipinski definition) is 3. The van der Waals surface area contributed by atoms with E-state index in [-0.39, 0.29) is 16.3 Å². The van der Waals surface area contributed by atoms with E-state index in [0.717, 1.165) is 0 Å². The van der Waals surface area contributed by atoms with Crippen LogP contribution in [-0.2, 0) is 0 Å². The molecule has 1 aliphatic heterocycles. The molecule has 4 nitrogen and oxygen atoms in total. The zero-order chi connectivity index (χ0) is 14.8. The van der Waals surface area contributed by atoms with E-state index in [0.29, 0.717) is 26.2 Å². The van der Waals surface area contributed by atoms with Crippen LogP contribution in [0.15, 0.2) is 18.2 Å². The lowest BCUT2D eigenvalue weighted by molar-refractivity contribution is -0.118. The minimum atomic E-state index is -3.28. The summed E-state index contributed by atoms with van der Waals surface area (Å²) in [5, 5.41) is 21.5. The molecule has 1 heterocycles. The first kappa shape index (κ1) is 15.4. The second-order valence-corrected chi connectivity index (χ2v) is 5.23. The number of rotatable bonds is 4. The molecule has 0 radical (unpaired) electrons. The maximum Gasteiger partial charge on any atom is 0.289 e. The Morgan fingerprint density at radius 3 is 2.55 bits per heavy atom. The predicted molar refractivity (Wildman–Crippen MR) is 72.3 cm³/mol. The standard InChI is InChI=1S/C13H17ClF2N2O2/c14-10-7-9(1-2-11(10)20)12(13(15,16)8-19)18-5-3-17-4-6-18/h1-2,7,12,17,19-20H,3-6,8H2/t12-/m1/s1. The predicted octanol–water partition coefficient (Wildman–Crippen LogP) is 1.62. The maximum atomic E-state index is 14.1. The van der Waals surface area contributed by atoms with Crippen molar-refractivity contribution in [1.82, 2.24) is 10.2 Å². The molecule has 1 atom stereocenters. The van der Waals surface area contributed by atoms with Gasteiger partial charge in [-0.1, -0.05) is 17.7 Å². The van der Waals surface area contributed by atoms with E-state index in [1.165, 1.54) is 18.2 Å². The smallest absolute Gasteiger partial charge is 0.289 e. The molecule has 20 heavy (non-hydrogen) atoms. The van der Waals surface area contributed by atoms with E-state index in [4.69, 9.17) is 16.7 Å². The molecule has 0 bridgehead atoms. The number of nitrogens with one attached hydrogen (secondary N) is 1. The van der Waals surface area contributed by atoms with E-state index < -0.39 is 18.6 Å². The average Bonchev–Trinajstić information content (AvgIpc) is 2.44. The Labute approximate surface area is 121 Å².